The van der Waals surface area contributed by atoms with Crippen LogP contribution in [-0.4, -0.2) is 34.8 Å². The highest BCUT2D eigenvalue weighted by atomic mass is 32.2. The highest BCUT2D eigenvalue weighted by Crippen LogP contribution is 2.44. The fourth-order valence-electron chi connectivity index (χ4n) is 2.79. The number of rotatable bonds is 7. The van der Waals surface area contributed by atoms with Crippen LogP contribution in [0.5, 0.6) is 0 Å². The Kier molecular flexibility index (Phi) is 5.89. The summed E-state index contributed by atoms with van der Waals surface area (Å²) >= 11 is 1.65. The van der Waals surface area contributed by atoms with Gasteiger partial charge in [-0.05, 0) is 26.0 Å². The zero-order valence-corrected chi connectivity index (χ0v) is 14.5. The number of hydrogen-bond acceptors (Lipinski definition) is 5. The van der Waals surface area contributed by atoms with Crippen molar-refractivity contribution in [2.45, 2.75) is 43.0 Å². The van der Waals surface area contributed by atoms with Crippen molar-refractivity contribution in [3.63, 3.8) is 0 Å². The first kappa shape index (κ1) is 18.0. The molecule has 2 unspecified atom stereocenters. The van der Waals surface area contributed by atoms with Crippen LogP contribution in [0, 0.1) is 5.92 Å². The molecule has 1 N–H and O–H groups in total. The Morgan fingerprint density at radius 3 is 2.83 bits per heavy atom. The van der Waals surface area contributed by atoms with Gasteiger partial charge in [0, 0.05) is 23.5 Å². The third kappa shape index (κ3) is 4.37. The molecule has 0 spiro atoms. The van der Waals surface area contributed by atoms with Gasteiger partial charge in [-0.3, -0.25) is 4.79 Å². The van der Waals surface area contributed by atoms with E-state index in [2.05, 4.69) is 6.58 Å². The molecule has 1 aromatic rings. The fourth-order valence-corrected chi connectivity index (χ4v) is 3.79. The molecule has 0 aliphatic carbocycles. The van der Waals surface area contributed by atoms with Crippen LogP contribution in [0.1, 0.15) is 26.7 Å². The molecule has 0 amide bonds. The number of hydrogen-bond donors (Lipinski definition) is 1. The lowest BCUT2D eigenvalue weighted by Crippen LogP contribution is -2.36. The molecule has 1 fully saturated rings. The SMILES string of the molecule is C=C[C@]1(C)OC(O)(CCSc2ccccc2)CC1C(=O)OCC. The van der Waals surface area contributed by atoms with E-state index in [4.69, 9.17) is 9.47 Å². The summed E-state index contributed by atoms with van der Waals surface area (Å²) in [5.41, 5.74) is -0.904. The zero-order valence-electron chi connectivity index (χ0n) is 13.7. The number of carbonyl (C=O) groups is 1. The number of aliphatic hydroxyl groups is 1. The lowest BCUT2D eigenvalue weighted by molar-refractivity contribution is -0.209. The molecule has 23 heavy (non-hydrogen) atoms. The van der Waals surface area contributed by atoms with Crippen LogP contribution in [0.15, 0.2) is 47.9 Å². The van der Waals surface area contributed by atoms with Crippen LogP contribution in [0.25, 0.3) is 0 Å². The van der Waals surface area contributed by atoms with Crippen molar-refractivity contribution in [3.05, 3.63) is 43.0 Å². The molecule has 2 rings (SSSR count). The highest BCUT2D eigenvalue weighted by molar-refractivity contribution is 7.99. The minimum absolute atomic E-state index is 0.226. The molecule has 1 saturated heterocycles. The smallest absolute Gasteiger partial charge is 0.312 e. The Morgan fingerprint density at radius 2 is 2.22 bits per heavy atom. The second kappa shape index (κ2) is 7.51. The lowest BCUT2D eigenvalue weighted by atomic mass is 9.87. The van der Waals surface area contributed by atoms with Gasteiger partial charge in [0.05, 0.1) is 12.5 Å². The van der Waals surface area contributed by atoms with Gasteiger partial charge in [0.25, 0.3) is 0 Å². The van der Waals surface area contributed by atoms with Crippen LogP contribution in [0.3, 0.4) is 0 Å². The molecule has 4 nitrogen and oxygen atoms in total. The first-order chi connectivity index (χ1) is 10.9. The summed E-state index contributed by atoms with van der Waals surface area (Å²) in [6.07, 6.45) is 2.24. The maximum absolute atomic E-state index is 12.1. The summed E-state index contributed by atoms with van der Waals surface area (Å²) in [4.78, 5) is 13.3. The molecule has 5 heteroatoms. The van der Waals surface area contributed by atoms with Crippen LogP contribution >= 0.6 is 11.8 Å². The number of carbonyl (C=O) groups excluding carboxylic acids is 1. The zero-order chi connectivity index (χ0) is 16.9. The van der Waals surface area contributed by atoms with Gasteiger partial charge in [-0.15, -0.1) is 18.3 Å². The summed E-state index contributed by atoms with van der Waals surface area (Å²) < 4.78 is 10.9. The molecule has 1 aliphatic rings. The van der Waals surface area contributed by atoms with Crippen molar-refractivity contribution >= 4 is 17.7 Å². The van der Waals surface area contributed by atoms with Crippen LogP contribution < -0.4 is 0 Å². The lowest BCUT2D eigenvalue weighted by Gasteiger charge is -2.28. The normalized spacial score (nSPS) is 30.1. The van der Waals surface area contributed by atoms with E-state index in [9.17, 15) is 9.90 Å². The molecular formula is C18H24O4S. The highest BCUT2D eigenvalue weighted by Gasteiger charge is 2.54. The summed E-state index contributed by atoms with van der Waals surface area (Å²) in [6.45, 7) is 7.60. The molecule has 3 atom stereocenters. The van der Waals surface area contributed by atoms with Crippen LogP contribution in [-0.2, 0) is 14.3 Å². The average Bonchev–Trinajstić information content (AvgIpc) is 2.81. The summed E-state index contributed by atoms with van der Waals surface area (Å²) in [7, 11) is 0. The van der Waals surface area contributed by atoms with Gasteiger partial charge in [-0.25, -0.2) is 0 Å². The van der Waals surface area contributed by atoms with Crippen molar-refractivity contribution in [1.82, 2.24) is 0 Å². The van der Waals surface area contributed by atoms with E-state index in [1.807, 2.05) is 30.3 Å². The molecular weight excluding hydrogens is 312 g/mol. The van der Waals surface area contributed by atoms with Crippen molar-refractivity contribution in [3.8, 4) is 0 Å². The third-order valence-electron chi connectivity index (χ3n) is 4.11. The first-order valence-electron chi connectivity index (χ1n) is 7.83. The van der Waals surface area contributed by atoms with Gasteiger partial charge >= 0.3 is 5.97 Å². The predicted octanol–water partition coefficient (Wildman–Crippen LogP) is 3.40. The Labute approximate surface area is 141 Å². The van der Waals surface area contributed by atoms with E-state index in [0.717, 1.165) is 4.90 Å². The van der Waals surface area contributed by atoms with Crippen molar-refractivity contribution in [1.29, 1.82) is 0 Å². The molecule has 126 valence electrons. The Balaban J connectivity index is 1.98. The van der Waals surface area contributed by atoms with Crippen molar-refractivity contribution < 1.29 is 19.4 Å². The molecule has 1 heterocycles. The van der Waals surface area contributed by atoms with Gasteiger partial charge in [-0.2, -0.15) is 0 Å². The molecule has 0 aromatic heterocycles. The minimum atomic E-state index is -1.33. The van der Waals surface area contributed by atoms with Crippen molar-refractivity contribution in [2.24, 2.45) is 5.92 Å². The second-order valence-corrected chi connectivity index (χ2v) is 7.02. The summed E-state index contributed by atoms with van der Waals surface area (Å²) in [5.74, 6) is -1.51. The number of esters is 1. The summed E-state index contributed by atoms with van der Waals surface area (Å²) in [6, 6.07) is 9.99. The Morgan fingerprint density at radius 1 is 1.52 bits per heavy atom. The van der Waals surface area contributed by atoms with Gasteiger partial charge in [0.15, 0.2) is 5.79 Å². The second-order valence-electron chi connectivity index (χ2n) is 5.86. The van der Waals surface area contributed by atoms with Crippen LogP contribution in [0.4, 0.5) is 0 Å². The third-order valence-corrected chi connectivity index (χ3v) is 5.12. The Bertz CT molecular complexity index is 547. The van der Waals surface area contributed by atoms with Gasteiger partial charge in [0.2, 0.25) is 0 Å². The first-order valence-corrected chi connectivity index (χ1v) is 8.81. The summed E-state index contributed by atoms with van der Waals surface area (Å²) in [5, 5.41) is 10.7. The number of benzene rings is 1. The van der Waals surface area contributed by atoms with E-state index in [1.54, 1.807) is 31.7 Å². The van der Waals surface area contributed by atoms with E-state index in [1.165, 1.54) is 0 Å². The maximum atomic E-state index is 12.1. The fraction of sp³-hybridized carbons (Fsp3) is 0.500. The molecule has 0 radical (unpaired) electrons. The molecule has 0 saturated carbocycles. The number of thioether (sulfide) groups is 1. The van der Waals surface area contributed by atoms with Gasteiger partial charge in [0.1, 0.15) is 5.60 Å². The standard InChI is InChI=1S/C18H24O4S/c1-4-17(3)15(16(19)21-5-2)13-18(20,22-17)11-12-23-14-9-7-6-8-10-14/h4,6-10,15,20H,1,5,11-13H2,2-3H3/t15?,17-,18?/m0/s1. The van der Waals surface area contributed by atoms with Crippen LogP contribution in [0.2, 0.25) is 0 Å². The average molecular weight is 336 g/mol. The monoisotopic (exact) mass is 336 g/mol. The van der Waals surface area contributed by atoms with Crippen molar-refractivity contribution in [2.75, 3.05) is 12.4 Å². The quantitative estimate of drug-likeness (QED) is 0.470. The molecule has 1 aromatic carbocycles. The molecule has 1 aliphatic heterocycles. The largest absolute Gasteiger partial charge is 0.466 e. The van der Waals surface area contributed by atoms with E-state index in [0.29, 0.717) is 18.8 Å². The minimum Gasteiger partial charge on any atom is -0.466 e. The molecule has 0 bridgehead atoms. The maximum Gasteiger partial charge on any atom is 0.312 e. The Hall–Kier alpha value is -1.30. The van der Waals surface area contributed by atoms with Gasteiger partial charge < -0.3 is 14.6 Å². The van der Waals surface area contributed by atoms with E-state index >= 15 is 0 Å². The topological polar surface area (TPSA) is 55.8 Å². The van der Waals surface area contributed by atoms with E-state index in [-0.39, 0.29) is 12.4 Å². The van der Waals surface area contributed by atoms with E-state index < -0.39 is 17.3 Å². The predicted molar refractivity (Wildman–Crippen MR) is 91.2 cm³/mol. The number of ether oxygens (including phenoxy) is 2. The van der Waals surface area contributed by atoms with Gasteiger partial charge in [-0.1, -0.05) is 24.3 Å².